The molecule has 0 aromatic carbocycles. The molecule has 16 heavy (non-hydrogen) atoms. The number of nitrogens with zero attached hydrogens (tertiary/aromatic N) is 2. The van der Waals surface area contributed by atoms with Gasteiger partial charge in [0.25, 0.3) is 0 Å². The van der Waals surface area contributed by atoms with Gasteiger partial charge in [-0.1, -0.05) is 0 Å². The molecular formula is C11H18N4O. The minimum Gasteiger partial charge on any atom is -0.478 e. The Balaban J connectivity index is 2.14. The van der Waals surface area contributed by atoms with Gasteiger partial charge in [0.1, 0.15) is 11.6 Å². The van der Waals surface area contributed by atoms with E-state index >= 15 is 0 Å². The third-order valence-corrected chi connectivity index (χ3v) is 2.74. The maximum absolute atomic E-state index is 5.71. The highest BCUT2D eigenvalue weighted by Crippen LogP contribution is 2.37. The second-order valence-corrected chi connectivity index (χ2v) is 4.18. The molecule has 1 aliphatic rings. The lowest BCUT2D eigenvalue weighted by Gasteiger charge is -2.16. The van der Waals surface area contributed by atoms with Crippen molar-refractivity contribution < 1.29 is 4.74 Å². The number of ether oxygens (including phenoxy) is 1. The standard InChI is InChI=1S/C11H18N4O/c1-3-16-10-6-9(13-8(2)14-10)15-11(7-12)4-5-11/h6H,3-5,7,12H2,1-2H3,(H,13,14,15). The lowest BCUT2D eigenvalue weighted by atomic mass is 10.3. The van der Waals surface area contributed by atoms with Gasteiger partial charge in [-0.3, -0.25) is 0 Å². The summed E-state index contributed by atoms with van der Waals surface area (Å²) in [6, 6.07) is 1.83. The molecule has 0 radical (unpaired) electrons. The van der Waals surface area contributed by atoms with E-state index in [-0.39, 0.29) is 5.54 Å². The monoisotopic (exact) mass is 222 g/mol. The summed E-state index contributed by atoms with van der Waals surface area (Å²) in [5.74, 6) is 2.13. The third kappa shape index (κ3) is 2.41. The normalized spacial score (nSPS) is 16.9. The SMILES string of the molecule is CCOc1cc(NC2(CN)CC2)nc(C)n1. The van der Waals surface area contributed by atoms with Crippen LogP contribution >= 0.6 is 0 Å². The Kier molecular flexibility index (Phi) is 2.96. The zero-order chi connectivity index (χ0) is 11.6. The largest absolute Gasteiger partial charge is 0.478 e. The van der Waals surface area contributed by atoms with Crippen LogP contribution in [0.2, 0.25) is 0 Å². The number of hydrogen-bond acceptors (Lipinski definition) is 5. The first-order valence-electron chi connectivity index (χ1n) is 5.64. The average Bonchev–Trinajstić information content (AvgIpc) is 2.98. The number of anilines is 1. The minimum absolute atomic E-state index is 0.0598. The van der Waals surface area contributed by atoms with E-state index in [0.29, 0.717) is 24.9 Å². The van der Waals surface area contributed by atoms with Crippen LogP contribution in [0.15, 0.2) is 6.07 Å². The molecule has 0 unspecified atom stereocenters. The van der Waals surface area contributed by atoms with Gasteiger partial charge in [-0.05, 0) is 26.7 Å². The third-order valence-electron chi connectivity index (χ3n) is 2.74. The van der Waals surface area contributed by atoms with Crippen LogP contribution in [0.3, 0.4) is 0 Å². The second-order valence-electron chi connectivity index (χ2n) is 4.18. The molecule has 1 aromatic rings. The summed E-state index contributed by atoms with van der Waals surface area (Å²) in [7, 11) is 0. The van der Waals surface area contributed by atoms with Crippen molar-refractivity contribution in [3.63, 3.8) is 0 Å². The zero-order valence-corrected chi connectivity index (χ0v) is 9.79. The molecule has 0 spiro atoms. The van der Waals surface area contributed by atoms with Gasteiger partial charge in [0, 0.05) is 12.6 Å². The quantitative estimate of drug-likeness (QED) is 0.780. The predicted octanol–water partition coefficient (Wildman–Crippen LogP) is 1.09. The molecule has 1 aromatic heterocycles. The lowest BCUT2D eigenvalue weighted by molar-refractivity contribution is 0.325. The molecular weight excluding hydrogens is 204 g/mol. The Bertz CT molecular complexity index is 376. The fraction of sp³-hybridized carbons (Fsp3) is 0.636. The van der Waals surface area contributed by atoms with Crippen LogP contribution < -0.4 is 15.8 Å². The maximum atomic E-state index is 5.71. The van der Waals surface area contributed by atoms with Crippen molar-refractivity contribution in [3.05, 3.63) is 11.9 Å². The number of nitrogens with one attached hydrogen (secondary N) is 1. The van der Waals surface area contributed by atoms with Crippen LogP contribution in [0, 0.1) is 6.92 Å². The topological polar surface area (TPSA) is 73.1 Å². The summed E-state index contributed by atoms with van der Waals surface area (Å²) in [6.07, 6.45) is 2.22. The van der Waals surface area contributed by atoms with Gasteiger partial charge in [-0.2, -0.15) is 4.98 Å². The molecule has 1 heterocycles. The van der Waals surface area contributed by atoms with Crippen LogP contribution in [0.25, 0.3) is 0 Å². The van der Waals surface area contributed by atoms with Crippen LogP contribution in [0.4, 0.5) is 5.82 Å². The highest BCUT2D eigenvalue weighted by Gasteiger charge is 2.41. The molecule has 3 N–H and O–H groups in total. The Morgan fingerprint density at radius 1 is 1.50 bits per heavy atom. The number of nitrogens with two attached hydrogens (primary N) is 1. The first-order chi connectivity index (χ1) is 7.67. The molecule has 0 amide bonds. The van der Waals surface area contributed by atoms with Crippen molar-refractivity contribution in [3.8, 4) is 5.88 Å². The lowest BCUT2D eigenvalue weighted by Crippen LogP contribution is -2.31. The number of rotatable bonds is 5. The predicted molar refractivity (Wildman–Crippen MR) is 62.6 cm³/mol. The Morgan fingerprint density at radius 3 is 2.81 bits per heavy atom. The van der Waals surface area contributed by atoms with E-state index < -0.39 is 0 Å². The minimum atomic E-state index is 0.0598. The Labute approximate surface area is 95.4 Å². The van der Waals surface area contributed by atoms with Gasteiger partial charge in [-0.15, -0.1) is 0 Å². The summed E-state index contributed by atoms with van der Waals surface area (Å²) in [4.78, 5) is 8.53. The molecule has 0 bridgehead atoms. The summed E-state index contributed by atoms with van der Waals surface area (Å²) in [6.45, 7) is 5.04. The molecule has 0 saturated heterocycles. The Hall–Kier alpha value is -1.36. The summed E-state index contributed by atoms with van der Waals surface area (Å²) in [5.41, 5.74) is 5.77. The highest BCUT2D eigenvalue weighted by atomic mass is 16.5. The van der Waals surface area contributed by atoms with Crippen molar-refractivity contribution in [2.75, 3.05) is 18.5 Å². The number of aryl methyl sites for hydroxylation is 1. The smallest absolute Gasteiger partial charge is 0.218 e. The molecule has 1 fully saturated rings. The molecule has 5 heteroatoms. The van der Waals surface area contributed by atoms with Gasteiger partial charge in [0.2, 0.25) is 5.88 Å². The number of aromatic nitrogens is 2. The first kappa shape index (κ1) is 11.1. The van der Waals surface area contributed by atoms with Gasteiger partial charge < -0.3 is 15.8 Å². The molecule has 0 aliphatic heterocycles. The maximum Gasteiger partial charge on any atom is 0.218 e. The average molecular weight is 222 g/mol. The Morgan fingerprint density at radius 2 is 2.25 bits per heavy atom. The highest BCUT2D eigenvalue weighted by molar-refractivity contribution is 5.43. The molecule has 1 saturated carbocycles. The van der Waals surface area contributed by atoms with Gasteiger partial charge in [0.05, 0.1) is 12.1 Å². The van der Waals surface area contributed by atoms with E-state index in [9.17, 15) is 0 Å². The van der Waals surface area contributed by atoms with Crippen molar-refractivity contribution in [1.82, 2.24) is 9.97 Å². The van der Waals surface area contributed by atoms with Crippen molar-refractivity contribution in [1.29, 1.82) is 0 Å². The van der Waals surface area contributed by atoms with E-state index in [1.807, 2.05) is 19.9 Å². The summed E-state index contributed by atoms with van der Waals surface area (Å²) in [5, 5.41) is 3.36. The number of hydrogen-bond donors (Lipinski definition) is 2. The van der Waals surface area contributed by atoms with Crippen LogP contribution in [-0.4, -0.2) is 28.7 Å². The van der Waals surface area contributed by atoms with Crippen LogP contribution in [-0.2, 0) is 0 Å². The van der Waals surface area contributed by atoms with Crippen molar-refractivity contribution in [2.24, 2.45) is 5.73 Å². The van der Waals surface area contributed by atoms with E-state index in [2.05, 4.69) is 15.3 Å². The second kappa shape index (κ2) is 4.25. The summed E-state index contributed by atoms with van der Waals surface area (Å²) >= 11 is 0. The van der Waals surface area contributed by atoms with Gasteiger partial charge >= 0.3 is 0 Å². The fourth-order valence-corrected chi connectivity index (χ4v) is 1.63. The summed E-state index contributed by atoms with van der Waals surface area (Å²) < 4.78 is 5.37. The van der Waals surface area contributed by atoms with E-state index in [1.165, 1.54) is 0 Å². The molecule has 0 atom stereocenters. The molecule has 2 rings (SSSR count). The van der Waals surface area contributed by atoms with Crippen LogP contribution in [0.5, 0.6) is 5.88 Å². The van der Waals surface area contributed by atoms with Gasteiger partial charge in [0.15, 0.2) is 0 Å². The van der Waals surface area contributed by atoms with Gasteiger partial charge in [-0.25, -0.2) is 4.98 Å². The fourth-order valence-electron chi connectivity index (χ4n) is 1.63. The molecule has 88 valence electrons. The molecule has 5 nitrogen and oxygen atoms in total. The molecule has 1 aliphatic carbocycles. The van der Waals surface area contributed by atoms with E-state index in [4.69, 9.17) is 10.5 Å². The van der Waals surface area contributed by atoms with E-state index in [1.54, 1.807) is 0 Å². The first-order valence-corrected chi connectivity index (χ1v) is 5.64. The van der Waals surface area contributed by atoms with Crippen molar-refractivity contribution in [2.45, 2.75) is 32.2 Å². The zero-order valence-electron chi connectivity index (χ0n) is 9.79. The van der Waals surface area contributed by atoms with E-state index in [0.717, 1.165) is 18.7 Å². The van der Waals surface area contributed by atoms with Crippen molar-refractivity contribution >= 4 is 5.82 Å². The van der Waals surface area contributed by atoms with Crippen LogP contribution in [0.1, 0.15) is 25.6 Å².